The summed E-state index contributed by atoms with van der Waals surface area (Å²) < 4.78 is 6.55. The first-order valence-electron chi connectivity index (χ1n) is 4.98. The molecule has 4 N–H and O–H groups in total. The summed E-state index contributed by atoms with van der Waals surface area (Å²) in [5.74, 6) is 0. The van der Waals surface area contributed by atoms with Gasteiger partial charge in [0.25, 0.3) is 0 Å². The first-order valence-corrected chi connectivity index (χ1v) is 5.39. The van der Waals surface area contributed by atoms with Gasteiger partial charge in [0.2, 0.25) is 0 Å². The molecule has 0 spiro atoms. The van der Waals surface area contributed by atoms with E-state index in [1.807, 2.05) is 0 Å². The molecule has 1 aliphatic heterocycles. The smallest absolute Gasteiger partial charge is 0.328 e. The monoisotopic (exact) mass is 260 g/mol. The summed E-state index contributed by atoms with van der Waals surface area (Å²) in [5.41, 5.74) is -0.549. The third kappa shape index (κ3) is 2.17. The standard InChI is InChI=1S/C9H12N2O5S/c12-3-4-6(13)7(14)8(16-4)11-2-1-5(17)10-9(11)15/h1-2,4,6-8,12-14H,3H2,(H,10,15,17)/t4-,6+,7-,8+/m0/s1. The maximum atomic E-state index is 11.6. The summed E-state index contributed by atoms with van der Waals surface area (Å²) in [4.78, 5) is 14.0. The number of aromatic amines is 1. The lowest BCUT2D eigenvalue weighted by Crippen LogP contribution is -2.35. The molecular formula is C9H12N2O5S. The molecule has 7 nitrogen and oxygen atoms in total. The summed E-state index contributed by atoms with van der Waals surface area (Å²) >= 11 is 4.77. The molecule has 0 aromatic carbocycles. The van der Waals surface area contributed by atoms with Crippen LogP contribution in [0.1, 0.15) is 6.23 Å². The summed E-state index contributed by atoms with van der Waals surface area (Å²) in [6.07, 6.45) is -3.11. The van der Waals surface area contributed by atoms with Crippen molar-refractivity contribution in [3.05, 3.63) is 27.4 Å². The van der Waals surface area contributed by atoms with E-state index >= 15 is 0 Å². The van der Waals surface area contributed by atoms with Crippen LogP contribution in [0, 0.1) is 4.64 Å². The van der Waals surface area contributed by atoms with E-state index < -0.39 is 36.8 Å². The van der Waals surface area contributed by atoms with Gasteiger partial charge in [0.15, 0.2) is 6.23 Å². The van der Waals surface area contributed by atoms with E-state index in [1.165, 1.54) is 12.3 Å². The molecule has 94 valence electrons. The Morgan fingerprint density at radius 2 is 2.18 bits per heavy atom. The molecule has 2 heterocycles. The van der Waals surface area contributed by atoms with Gasteiger partial charge in [-0.25, -0.2) is 4.79 Å². The summed E-state index contributed by atoms with van der Waals surface area (Å²) in [6.45, 7) is -0.438. The maximum absolute atomic E-state index is 11.6. The highest BCUT2D eigenvalue weighted by Gasteiger charge is 2.43. The van der Waals surface area contributed by atoms with E-state index in [4.69, 9.17) is 22.1 Å². The topological polar surface area (TPSA) is 108 Å². The third-order valence-corrected chi connectivity index (χ3v) is 2.88. The van der Waals surface area contributed by atoms with Crippen molar-refractivity contribution in [3.63, 3.8) is 0 Å². The highest BCUT2D eigenvalue weighted by atomic mass is 32.1. The van der Waals surface area contributed by atoms with Crippen molar-refractivity contribution in [3.8, 4) is 0 Å². The van der Waals surface area contributed by atoms with E-state index in [-0.39, 0.29) is 4.64 Å². The molecule has 17 heavy (non-hydrogen) atoms. The number of rotatable bonds is 2. The van der Waals surface area contributed by atoms with Gasteiger partial charge in [-0.05, 0) is 6.07 Å². The molecule has 8 heteroatoms. The number of aliphatic hydroxyl groups is 3. The predicted molar refractivity (Wildman–Crippen MR) is 58.9 cm³/mol. The average Bonchev–Trinajstić information content (AvgIpc) is 2.57. The zero-order valence-corrected chi connectivity index (χ0v) is 9.50. The fraction of sp³-hybridized carbons (Fsp3) is 0.556. The molecule has 2 rings (SSSR count). The Bertz CT molecular complexity index is 513. The van der Waals surface area contributed by atoms with Gasteiger partial charge in [0.1, 0.15) is 23.0 Å². The van der Waals surface area contributed by atoms with Crippen molar-refractivity contribution >= 4 is 12.2 Å². The number of hydrogen-bond donors (Lipinski definition) is 4. The average molecular weight is 260 g/mol. The van der Waals surface area contributed by atoms with Crippen LogP contribution in [0.25, 0.3) is 0 Å². The molecule has 1 aliphatic rings. The van der Waals surface area contributed by atoms with Crippen LogP contribution in [0.3, 0.4) is 0 Å². The molecule has 0 aliphatic carbocycles. The molecule has 0 radical (unpaired) electrons. The van der Waals surface area contributed by atoms with Crippen LogP contribution in [0.15, 0.2) is 17.1 Å². The van der Waals surface area contributed by atoms with Crippen LogP contribution in [0.4, 0.5) is 0 Å². The molecule has 0 unspecified atom stereocenters. The maximum Gasteiger partial charge on any atom is 0.328 e. The van der Waals surface area contributed by atoms with Gasteiger partial charge in [0, 0.05) is 6.20 Å². The molecule has 1 aromatic heterocycles. The lowest BCUT2D eigenvalue weighted by Gasteiger charge is -2.16. The Morgan fingerprint density at radius 3 is 2.71 bits per heavy atom. The van der Waals surface area contributed by atoms with Gasteiger partial charge < -0.3 is 20.1 Å². The second-order valence-electron chi connectivity index (χ2n) is 3.75. The third-order valence-electron chi connectivity index (χ3n) is 2.64. The van der Waals surface area contributed by atoms with Crippen LogP contribution in [0.5, 0.6) is 0 Å². The van der Waals surface area contributed by atoms with Crippen molar-refractivity contribution in [2.45, 2.75) is 24.5 Å². The number of nitrogens with one attached hydrogen (secondary N) is 1. The Balaban J connectivity index is 2.35. The fourth-order valence-electron chi connectivity index (χ4n) is 1.74. The van der Waals surface area contributed by atoms with Gasteiger partial charge in [-0.2, -0.15) is 0 Å². The second kappa shape index (κ2) is 4.67. The number of hydrogen-bond acceptors (Lipinski definition) is 6. The quantitative estimate of drug-likeness (QED) is 0.483. The minimum absolute atomic E-state index is 0.262. The van der Waals surface area contributed by atoms with Crippen LogP contribution < -0.4 is 5.69 Å². The lowest BCUT2D eigenvalue weighted by atomic mass is 10.1. The lowest BCUT2D eigenvalue weighted by molar-refractivity contribution is -0.0550. The Kier molecular flexibility index (Phi) is 3.40. The van der Waals surface area contributed by atoms with Crippen molar-refractivity contribution in [1.82, 2.24) is 9.55 Å². The number of H-pyrrole nitrogens is 1. The Hall–Kier alpha value is -1.06. The van der Waals surface area contributed by atoms with Gasteiger partial charge in [-0.1, -0.05) is 12.2 Å². The number of ether oxygens (including phenoxy) is 1. The second-order valence-corrected chi connectivity index (χ2v) is 4.19. The van der Waals surface area contributed by atoms with Gasteiger partial charge in [0.05, 0.1) is 6.61 Å². The largest absolute Gasteiger partial charge is 0.394 e. The SMILES string of the molecule is O=c1[nH]c(=S)ccn1[C@@H]1O[C@@H](CO)[C@@H](O)[C@@H]1O. The molecule has 0 bridgehead atoms. The minimum Gasteiger partial charge on any atom is -0.394 e. The summed E-state index contributed by atoms with van der Waals surface area (Å²) in [6, 6.07) is 1.46. The summed E-state index contributed by atoms with van der Waals surface area (Å²) in [7, 11) is 0. The van der Waals surface area contributed by atoms with Gasteiger partial charge >= 0.3 is 5.69 Å². The Labute approximate surface area is 101 Å². The number of nitrogens with zero attached hydrogens (tertiary/aromatic N) is 1. The zero-order valence-electron chi connectivity index (χ0n) is 8.68. The van der Waals surface area contributed by atoms with E-state index in [0.717, 1.165) is 4.57 Å². The molecule has 0 amide bonds. The zero-order chi connectivity index (χ0) is 12.6. The van der Waals surface area contributed by atoms with Crippen LogP contribution in [0.2, 0.25) is 0 Å². The van der Waals surface area contributed by atoms with Crippen molar-refractivity contribution in [2.75, 3.05) is 6.61 Å². The normalized spacial score (nSPS) is 32.9. The Morgan fingerprint density at radius 1 is 1.47 bits per heavy atom. The number of aliphatic hydroxyl groups excluding tert-OH is 3. The molecule has 1 aromatic rings. The molecular weight excluding hydrogens is 248 g/mol. The van der Waals surface area contributed by atoms with Crippen molar-refractivity contribution < 1.29 is 20.1 Å². The highest BCUT2D eigenvalue weighted by molar-refractivity contribution is 7.71. The van der Waals surface area contributed by atoms with E-state index in [0.29, 0.717) is 0 Å². The fourth-order valence-corrected chi connectivity index (χ4v) is 1.89. The van der Waals surface area contributed by atoms with Gasteiger partial charge in [-0.15, -0.1) is 0 Å². The van der Waals surface area contributed by atoms with E-state index in [9.17, 15) is 15.0 Å². The molecule has 0 saturated carbocycles. The molecule has 4 atom stereocenters. The molecule has 1 saturated heterocycles. The van der Waals surface area contributed by atoms with Gasteiger partial charge in [-0.3, -0.25) is 9.55 Å². The predicted octanol–water partition coefficient (Wildman–Crippen LogP) is -1.48. The van der Waals surface area contributed by atoms with Crippen molar-refractivity contribution in [1.29, 1.82) is 0 Å². The molecule has 1 fully saturated rings. The van der Waals surface area contributed by atoms with Crippen LogP contribution in [-0.2, 0) is 4.74 Å². The van der Waals surface area contributed by atoms with E-state index in [1.54, 1.807) is 0 Å². The van der Waals surface area contributed by atoms with Crippen LogP contribution >= 0.6 is 12.2 Å². The minimum atomic E-state index is -1.28. The number of aromatic nitrogens is 2. The van der Waals surface area contributed by atoms with Crippen molar-refractivity contribution in [2.24, 2.45) is 0 Å². The summed E-state index contributed by atoms with van der Waals surface area (Å²) in [5, 5.41) is 28.2. The first-order chi connectivity index (χ1) is 8.04. The van der Waals surface area contributed by atoms with E-state index in [2.05, 4.69) is 4.98 Å². The highest BCUT2D eigenvalue weighted by Crippen LogP contribution is 2.27. The van der Waals surface area contributed by atoms with Crippen LogP contribution in [-0.4, -0.2) is 49.8 Å². The first kappa shape index (κ1) is 12.4.